The summed E-state index contributed by atoms with van der Waals surface area (Å²) >= 11 is 0. The van der Waals surface area contributed by atoms with Crippen molar-refractivity contribution in [2.24, 2.45) is 5.73 Å². The Bertz CT molecular complexity index is 396. The van der Waals surface area contributed by atoms with Crippen molar-refractivity contribution in [1.82, 2.24) is 0 Å². The molecule has 0 bridgehead atoms. The lowest BCUT2D eigenvalue weighted by molar-refractivity contribution is -0.0124. The Morgan fingerprint density at radius 3 is 2.53 bits per heavy atom. The standard InChI is InChI=1S/C14H22FNO3/c1-9(2)18-7-12(17)8-19-14-5-4-11(15)6-13(14)10(3)16/h4-6,9-10,12,17H,7-8,16H2,1-3H3. The van der Waals surface area contributed by atoms with Crippen LogP contribution in [-0.2, 0) is 4.74 Å². The van der Waals surface area contributed by atoms with E-state index in [9.17, 15) is 9.50 Å². The van der Waals surface area contributed by atoms with Gasteiger partial charge in [-0.15, -0.1) is 0 Å². The van der Waals surface area contributed by atoms with Gasteiger partial charge in [0.05, 0.1) is 12.7 Å². The van der Waals surface area contributed by atoms with Crippen molar-refractivity contribution in [1.29, 1.82) is 0 Å². The average molecular weight is 271 g/mol. The Morgan fingerprint density at radius 1 is 1.26 bits per heavy atom. The van der Waals surface area contributed by atoms with Crippen LogP contribution in [0.3, 0.4) is 0 Å². The van der Waals surface area contributed by atoms with Crippen LogP contribution in [0, 0.1) is 5.82 Å². The highest BCUT2D eigenvalue weighted by atomic mass is 19.1. The molecule has 0 aliphatic carbocycles. The second-order valence-electron chi connectivity index (χ2n) is 4.82. The molecule has 19 heavy (non-hydrogen) atoms. The average Bonchev–Trinajstić information content (AvgIpc) is 2.34. The van der Waals surface area contributed by atoms with Crippen molar-refractivity contribution >= 4 is 0 Å². The lowest BCUT2D eigenvalue weighted by Gasteiger charge is -2.17. The van der Waals surface area contributed by atoms with Gasteiger partial charge in [-0.25, -0.2) is 4.39 Å². The maximum Gasteiger partial charge on any atom is 0.124 e. The zero-order valence-electron chi connectivity index (χ0n) is 11.6. The minimum absolute atomic E-state index is 0.0556. The van der Waals surface area contributed by atoms with Crippen LogP contribution in [0.5, 0.6) is 5.75 Å². The van der Waals surface area contributed by atoms with Gasteiger partial charge < -0.3 is 20.3 Å². The number of hydrogen-bond acceptors (Lipinski definition) is 4. The van der Waals surface area contributed by atoms with Gasteiger partial charge in [-0.2, -0.15) is 0 Å². The minimum Gasteiger partial charge on any atom is -0.490 e. The highest BCUT2D eigenvalue weighted by Gasteiger charge is 2.12. The van der Waals surface area contributed by atoms with E-state index in [1.165, 1.54) is 18.2 Å². The van der Waals surface area contributed by atoms with Crippen molar-refractivity contribution in [3.8, 4) is 5.75 Å². The highest BCUT2D eigenvalue weighted by molar-refractivity contribution is 5.36. The first-order chi connectivity index (χ1) is 8.90. The number of halogens is 1. The van der Waals surface area contributed by atoms with Crippen LogP contribution >= 0.6 is 0 Å². The molecule has 0 saturated heterocycles. The summed E-state index contributed by atoms with van der Waals surface area (Å²) in [6, 6.07) is 3.83. The van der Waals surface area contributed by atoms with E-state index in [0.717, 1.165) is 0 Å². The first-order valence-corrected chi connectivity index (χ1v) is 6.37. The van der Waals surface area contributed by atoms with E-state index in [4.69, 9.17) is 15.2 Å². The number of nitrogens with two attached hydrogens (primary N) is 1. The van der Waals surface area contributed by atoms with Gasteiger partial charge in [0.1, 0.15) is 24.3 Å². The van der Waals surface area contributed by atoms with Gasteiger partial charge in [0.25, 0.3) is 0 Å². The number of aliphatic hydroxyl groups excluding tert-OH is 1. The molecular formula is C14H22FNO3. The fraction of sp³-hybridized carbons (Fsp3) is 0.571. The maximum atomic E-state index is 13.1. The van der Waals surface area contributed by atoms with Crippen LogP contribution in [0.15, 0.2) is 18.2 Å². The predicted octanol–water partition coefficient (Wildman–Crippen LogP) is 2.01. The summed E-state index contributed by atoms with van der Waals surface area (Å²) < 4.78 is 23.9. The van der Waals surface area contributed by atoms with Gasteiger partial charge in [0.2, 0.25) is 0 Å². The second-order valence-corrected chi connectivity index (χ2v) is 4.82. The molecule has 0 heterocycles. The Morgan fingerprint density at radius 2 is 1.95 bits per heavy atom. The fourth-order valence-electron chi connectivity index (χ4n) is 1.54. The summed E-state index contributed by atoms with van der Waals surface area (Å²) in [6.07, 6.45) is -0.673. The topological polar surface area (TPSA) is 64.7 Å². The minimum atomic E-state index is -0.728. The third-order valence-electron chi connectivity index (χ3n) is 2.52. The molecule has 0 aromatic heterocycles. The summed E-state index contributed by atoms with van der Waals surface area (Å²) in [5.74, 6) is 0.128. The van der Waals surface area contributed by atoms with E-state index in [1.807, 2.05) is 13.8 Å². The quantitative estimate of drug-likeness (QED) is 0.796. The van der Waals surface area contributed by atoms with Crippen LogP contribution < -0.4 is 10.5 Å². The van der Waals surface area contributed by atoms with E-state index in [0.29, 0.717) is 11.3 Å². The monoisotopic (exact) mass is 271 g/mol. The van der Waals surface area contributed by atoms with Crippen LogP contribution in [0.25, 0.3) is 0 Å². The number of ether oxygens (including phenoxy) is 2. The molecule has 1 aromatic carbocycles. The Balaban J connectivity index is 2.57. The molecule has 0 fully saturated rings. The smallest absolute Gasteiger partial charge is 0.124 e. The molecule has 0 spiro atoms. The largest absolute Gasteiger partial charge is 0.490 e. The Kier molecular flexibility index (Phi) is 6.21. The van der Waals surface area contributed by atoms with Crippen molar-refractivity contribution in [2.45, 2.75) is 39.0 Å². The first-order valence-electron chi connectivity index (χ1n) is 6.37. The zero-order valence-corrected chi connectivity index (χ0v) is 11.6. The SMILES string of the molecule is CC(C)OCC(O)COc1ccc(F)cc1C(C)N. The molecule has 1 rings (SSSR count). The van der Waals surface area contributed by atoms with E-state index < -0.39 is 6.10 Å². The van der Waals surface area contributed by atoms with Crippen molar-refractivity contribution in [3.63, 3.8) is 0 Å². The predicted molar refractivity (Wildman–Crippen MR) is 71.6 cm³/mol. The van der Waals surface area contributed by atoms with E-state index in [-0.39, 0.29) is 31.2 Å². The van der Waals surface area contributed by atoms with E-state index >= 15 is 0 Å². The molecule has 5 heteroatoms. The van der Waals surface area contributed by atoms with Crippen LogP contribution in [0.2, 0.25) is 0 Å². The first kappa shape index (κ1) is 15.9. The molecule has 1 aromatic rings. The molecule has 0 saturated carbocycles. The summed E-state index contributed by atoms with van der Waals surface area (Å²) in [4.78, 5) is 0. The number of rotatable bonds is 7. The summed E-state index contributed by atoms with van der Waals surface area (Å²) in [5.41, 5.74) is 6.33. The molecule has 2 unspecified atom stereocenters. The van der Waals surface area contributed by atoms with Gasteiger partial charge in [-0.3, -0.25) is 0 Å². The molecule has 4 nitrogen and oxygen atoms in total. The molecular weight excluding hydrogens is 249 g/mol. The number of benzene rings is 1. The number of hydrogen-bond donors (Lipinski definition) is 2. The Hall–Kier alpha value is -1.17. The highest BCUT2D eigenvalue weighted by Crippen LogP contribution is 2.24. The van der Waals surface area contributed by atoms with Gasteiger partial charge in [0, 0.05) is 11.6 Å². The number of aliphatic hydroxyl groups is 1. The summed E-state index contributed by atoms with van der Waals surface area (Å²) in [7, 11) is 0. The molecule has 0 aliphatic heterocycles. The molecule has 0 radical (unpaired) electrons. The maximum absolute atomic E-state index is 13.1. The van der Waals surface area contributed by atoms with Crippen molar-refractivity contribution in [3.05, 3.63) is 29.6 Å². The normalized spacial score (nSPS) is 14.5. The van der Waals surface area contributed by atoms with Gasteiger partial charge in [0.15, 0.2) is 0 Å². The Labute approximate surface area is 113 Å². The van der Waals surface area contributed by atoms with Gasteiger partial charge in [-0.05, 0) is 39.0 Å². The zero-order chi connectivity index (χ0) is 14.4. The van der Waals surface area contributed by atoms with E-state index in [1.54, 1.807) is 6.92 Å². The fourth-order valence-corrected chi connectivity index (χ4v) is 1.54. The van der Waals surface area contributed by atoms with Gasteiger partial charge >= 0.3 is 0 Å². The molecule has 2 atom stereocenters. The molecule has 0 aliphatic rings. The molecule has 0 amide bonds. The lowest BCUT2D eigenvalue weighted by Crippen LogP contribution is -2.25. The third kappa shape index (κ3) is 5.55. The third-order valence-corrected chi connectivity index (χ3v) is 2.52. The molecule has 3 N–H and O–H groups in total. The summed E-state index contributed by atoms with van der Waals surface area (Å²) in [6.45, 7) is 5.81. The lowest BCUT2D eigenvalue weighted by atomic mass is 10.1. The summed E-state index contributed by atoms with van der Waals surface area (Å²) in [5, 5.41) is 9.69. The van der Waals surface area contributed by atoms with Crippen molar-refractivity contribution < 1.29 is 19.0 Å². The van der Waals surface area contributed by atoms with Crippen LogP contribution in [0.4, 0.5) is 4.39 Å². The molecule has 108 valence electrons. The van der Waals surface area contributed by atoms with Crippen molar-refractivity contribution in [2.75, 3.05) is 13.2 Å². The van der Waals surface area contributed by atoms with E-state index in [2.05, 4.69) is 0 Å². The van der Waals surface area contributed by atoms with Crippen LogP contribution in [0.1, 0.15) is 32.4 Å². The van der Waals surface area contributed by atoms with Crippen LogP contribution in [-0.4, -0.2) is 30.5 Å². The second kappa shape index (κ2) is 7.43. The van der Waals surface area contributed by atoms with Gasteiger partial charge in [-0.1, -0.05) is 0 Å².